The van der Waals surface area contributed by atoms with Gasteiger partial charge < -0.3 is 4.74 Å². The van der Waals surface area contributed by atoms with Crippen LogP contribution in [0, 0.1) is 5.82 Å². The molecule has 234 valence electrons. The second kappa shape index (κ2) is 11.7. The molecular formula is C36H25FN2O6S2. The summed E-state index contributed by atoms with van der Waals surface area (Å²) in [7, 11) is -8.77. The van der Waals surface area contributed by atoms with E-state index in [1.54, 1.807) is 54.6 Å². The molecule has 0 aliphatic heterocycles. The van der Waals surface area contributed by atoms with Crippen molar-refractivity contribution < 1.29 is 30.8 Å². The molecule has 0 atom stereocenters. The van der Waals surface area contributed by atoms with E-state index in [0.29, 0.717) is 11.1 Å². The van der Waals surface area contributed by atoms with Crippen molar-refractivity contribution in [2.75, 3.05) is 0 Å². The fourth-order valence-corrected chi connectivity index (χ4v) is 8.58. The Kier molecular flexibility index (Phi) is 7.50. The molecule has 2 heterocycles. The molecule has 0 aliphatic carbocycles. The molecular weight excluding hydrogens is 640 g/mol. The standard InChI is InChI=1S/C36H25FN2O6S2/c37-28-16-18-32-26(20-28)22-34(38(32)46(41,42)30-12-6-2-7-13-30)36(40)35-23-27-21-29(45-24-25-10-4-1-5-11-25)17-19-33(27)39(35)47(43,44)31-14-8-3-9-15-31/h1-23H,24H2. The van der Waals surface area contributed by atoms with Gasteiger partial charge in [0.1, 0.15) is 29.6 Å². The summed E-state index contributed by atoms with van der Waals surface area (Å²) in [5, 5.41) is 0.524. The van der Waals surface area contributed by atoms with Crippen LogP contribution in [0.2, 0.25) is 0 Å². The average Bonchev–Trinajstić information content (AvgIpc) is 3.67. The second-order valence-electron chi connectivity index (χ2n) is 10.8. The summed E-state index contributed by atoms with van der Waals surface area (Å²) >= 11 is 0. The van der Waals surface area contributed by atoms with Crippen LogP contribution in [0.25, 0.3) is 21.8 Å². The van der Waals surface area contributed by atoms with E-state index in [9.17, 15) is 26.0 Å². The normalized spacial score (nSPS) is 12.0. The maximum absolute atomic E-state index is 14.6. The first-order chi connectivity index (χ1) is 22.6. The van der Waals surface area contributed by atoms with Crippen LogP contribution < -0.4 is 4.74 Å². The van der Waals surface area contributed by atoms with Gasteiger partial charge in [0.25, 0.3) is 20.0 Å². The molecule has 47 heavy (non-hydrogen) atoms. The third-order valence-electron chi connectivity index (χ3n) is 7.72. The van der Waals surface area contributed by atoms with Crippen molar-refractivity contribution in [2.24, 2.45) is 0 Å². The molecule has 11 heteroatoms. The van der Waals surface area contributed by atoms with Gasteiger partial charge in [-0.05, 0) is 78.4 Å². The Balaban J connectivity index is 1.44. The van der Waals surface area contributed by atoms with Crippen LogP contribution in [0.4, 0.5) is 4.39 Å². The topological polar surface area (TPSA) is 104 Å². The lowest BCUT2D eigenvalue weighted by atomic mass is 10.2. The molecule has 0 saturated carbocycles. The molecule has 2 aromatic heterocycles. The molecule has 7 aromatic rings. The van der Waals surface area contributed by atoms with E-state index in [1.165, 1.54) is 42.5 Å². The Hall–Kier alpha value is -5.52. The number of carbonyl (C=O) groups is 1. The van der Waals surface area contributed by atoms with E-state index < -0.39 is 31.6 Å². The number of fused-ring (bicyclic) bond motifs is 2. The first-order valence-electron chi connectivity index (χ1n) is 14.4. The van der Waals surface area contributed by atoms with E-state index in [2.05, 4.69) is 0 Å². The summed E-state index contributed by atoms with van der Waals surface area (Å²) in [5.74, 6) is -1.09. The van der Waals surface area contributed by atoms with Gasteiger partial charge in [-0.25, -0.2) is 29.2 Å². The van der Waals surface area contributed by atoms with E-state index in [4.69, 9.17) is 4.74 Å². The summed E-state index contributed by atoms with van der Waals surface area (Å²) in [4.78, 5) is 14.4. The van der Waals surface area contributed by atoms with Gasteiger partial charge in [0, 0.05) is 10.8 Å². The van der Waals surface area contributed by atoms with Crippen LogP contribution in [0.15, 0.2) is 149 Å². The zero-order chi connectivity index (χ0) is 32.8. The number of rotatable bonds is 9. The molecule has 0 fully saturated rings. The molecule has 5 aromatic carbocycles. The van der Waals surface area contributed by atoms with Crippen LogP contribution in [-0.4, -0.2) is 30.6 Å². The highest BCUT2D eigenvalue weighted by Gasteiger charge is 2.32. The maximum Gasteiger partial charge on any atom is 0.268 e. The lowest BCUT2D eigenvalue weighted by molar-refractivity contribution is 0.102. The SMILES string of the molecule is O=C(c1cc2cc(F)ccc2n1S(=O)(=O)c1ccccc1)c1cc2cc(OCc3ccccc3)ccc2n1S(=O)(=O)c1ccccc1. The Morgan fingerprint density at radius 1 is 0.574 bits per heavy atom. The number of benzene rings is 5. The van der Waals surface area contributed by atoms with Crippen molar-refractivity contribution in [1.29, 1.82) is 0 Å². The number of halogens is 1. The summed E-state index contributed by atoms with van der Waals surface area (Å²) < 4.78 is 78.5. The fraction of sp³-hybridized carbons (Fsp3) is 0.0278. The minimum atomic E-state index is -4.40. The Labute approximate surface area is 270 Å². The third kappa shape index (κ3) is 5.39. The smallest absolute Gasteiger partial charge is 0.268 e. The zero-order valence-electron chi connectivity index (χ0n) is 24.5. The van der Waals surface area contributed by atoms with E-state index in [1.807, 2.05) is 30.3 Å². The number of ketones is 1. The number of carbonyl (C=O) groups excluding carboxylic acids is 1. The predicted octanol–water partition coefficient (Wildman–Crippen LogP) is 7.02. The van der Waals surface area contributed by atoms with Gasteiger partial charge in [-0.15, -0.1) is 0 Å². The van der Waals surface area contributed by atoms with Gasteiger partial charge in [0.15, 0.2) is 0 Å². The molecule has 0 saturated heterocycles. The van der Waals surface area contributed by atoms with Gasteiger partial charge in [-0.3, -0.25) is 4.79 Å². The molecule has 0 spiro atoms. The Morgan fingerprint density at radius 3 is 1.57 bits per heavy atom. The molecule has 8 nitrogen and oxygen atoms in total. The molecule has 0 aliphatic rings. The number of aromatic nitrogens is 2. The number of hydrogen-bond acceptors (Lipinski definition) is 6. The monoisotopic (exact) mass is 664 g/mol. The number of nitrogens with zero attached hydrogens (tertiary/aromatic N) is 2. The van der Waals surface area contributed by atoms with Crippen LogP contribution >= 0.6 is 0 Å². The lowest BCUT2D eigenvalue weighted by Crippen LogP contribution is -2.23. The fourth-order valence-electron chi connectivity index (χ4n) is 5.52. The number of hydrogen-bond donors (Lipinski definition) is 0. The minimum absolute atomic E-state index is 0.0591. The third-order valence-corrected chi connectivity index (χ3v) is 11.2. The predicted molar refractivity (Wildman–Crippen MR) is 176 cm³/mol. The van der Waals surface area contributed by atoms with E-state index >= 15 is 0 Å². The van der Waals surface area contributed by atoms with Gasteiger partial charge >= 0.3 is 0 Å². The molecule has 0 unspecified atom stereocenters. The first-order valence-corrected chi connectivity index (χ1v) is 17.3. The summed E-state index contributed by atoms with van der Waals surface area (Å²) in [6.45, 7) is 0.259. The van der Waals surface area contributed by atoms with Crippen LogP contribution in [-0.2, 0) is 26.7 Å². The van der Waals surface area contributed by atoms with Crippen LogP contribution in [0.3, 0.4) is 0 Å². The molecule has 0 bridgehead atoms. The van der Waals surface area contributed by atoms with Crippen molar-refractivity contribution in [3.05, 3.63) is 162 Å². The number of ether oxygens (including phenoxy) is 1. The lowest BCUT2D eigenvalue weighted by Gasteiger charge is -2.14. The van der Waals surface area contributed by atoms with Gasteiger partial charge in [-0.2, -0.15) is 0 Å². The van der Waals surface area contributed by atoms with Gasteiger partial charge in [0.2, 0.25) is 5.78 Å². The maximum atomic E-state index is 14.6. The highest BCUT2D eigenvalue weighted by Crippen LogP contribution is 2.33. The highest BCUT2D eigenvalue weighted by molar-refractivity contribution is 7.90. The van der Waals surface area contributed by atoms with Crippen molar-refractivity contribution in [2.45, 2.75) is 16.4 Å². The summed E-state index contributed by atoms with van der Waals surface area (Å²) in [5.41, 5.74) is 0.503. The minimum Gasteiger partial charge on any atom is -0.489 e. The van der Waals surface area contributed by atoms with Crippen molar-refractivity contribution in [1.82, 2.24) is 7.94 Å². The van der Waals surface area contributed by atoms with E-state index in [-0.39, 0.29) is 44.2 Å². The van der Waals surface area contributed by atoms with Crippen LogP contribution in [0.1, 0.15) is 21.7 Å². The Bertz CT molecular complexity index is 2510. The quantitative estimate of drug-likeness (QED) is 0.154. The van der Waals surface area contributed by atoms with Crippen molar-refractivity contribution in [3.63, 3.8) is 0 Å². The molecule has 0 N–H and O–H groups in total. The molecule has 7 rings (SSSR count). The summed E-state index contributed by atoms with van der Waals surface area (Å²) in [6.07, 6.45) is 0. The molecule has 0 amide bonds. The van der Waals surface area contributed by atoms with Gasteiger partial charge in [0.05, 0.1) is 20.8 Å². The largest absolute Gasteiger partial charge is 0.489 e. The highest BCUT2D eigenvalue weighted by atomic mass is 32.2. The van der Waals surface area contributed by atoms with Crippen molar-refractivity contribution >= 4 is 47.6 Å². The molecule has 0 radical (unpaired) electrons. The summed E-state index contributed by atoms with van der Waals surface area (Å²) in [6, 6.07) is 35.5. The van der Waals surface area contributed by atoms with Crippen LogP contribution in [0.5, 0.6) is 5.75 Å². The Morgan fingerprint density at radius 2 is 1.04 bits per heavy atom. The first kappa shape index (κ1) is 30.2. The van der Waals surface area contributed by atoms with Gasteiger partial charge in [-0.1, -0.05) is 66.7 Å². The van der Waals surface area contributed by atoms with E-state index in [0.717, 1.165) is 25.6 Å². The average molecular weight is 665 g/mol. The zero-order valence-corrected chi connectivity index (χ0v) is 26.2. The van der Waals surface area contributed by atoms with Crippen molar-refractivity contribution in [3.8, 4) is 5.75 Å². The second-order valence-corrected chi connectivity index (χ2v) is 14.3.